The number of thiophene rings is 1. The zero-order chi connectivity index (χ0) is 21.8. The third-order valence-corrected chi connectivity index (χ3v) is 7.31. The maximum absolute atomic E-state index is 5.10. The van der Waals surface area contributed by atoms with Gasteiger partial charge in [0, 0.05) is 36.5 Å². The molecular formula is C29H17N3S. The van der Waals surface area contributed by atoms with Gasteiger partial charge in [0.15, 0.2) is 5.82 Å². The molecule has 7 rings (SSSR count). The van der Waals surface area contributed by atoms with Gasteiger partial charge in [-0.1, -0.05) is 72.8 Å². The van der Waals surface area contributed by atoms with E-state index in [1.165, 1.54) is 20.2 Å². The minimum Gasteiger partial charge on any atom is -0.246 e. The second-order valence-electron chi connectivity index (χ2n) is 8.08. The van der Waals surface area contributed by atoms with Gasteiger partial charge in [-0.05, 0) is 30.3 Å². The standard InChI is InChI=1S/C29H17N3S/c1-4-13-23-18(8-1)16-17-25(30-23)27-21-10-2-5-14-24(21)31-29(32-27)22-12-7-11-20-19-9-3-6-15-26(19)33-28(20)22/h1-17H. The van der Waals surface area contributed by atoms with Crippen LogP contribution in [0.2, 0.25) is 0 Å². The SMILES string of the molecule is c1ccc2nc(-c3nc(-c4cccc5c4sc4ccccc45)nc4ccccc34)ccc2c1. The van der Waals surface area contributed by atoms with Gasteiger partial charge < -0.3 is 0 Å². The van der Waals surface area contributed by atoms with Gasteiger partial charge in [-0.15, -0.1) is 11.3 Å². The van der Waals surface area contributed by atoms with Crippen LogP contribution in [0.3, 0.4) is 0 Å². The van der Waals surface area contributed by atoms with Crippen LogP contribution >= 0.6 is 11.3 Å². The van der Waals surface area contributed by atoms with Gasteiger partial charge in [0.1, 0.15) is 5.69 Å². The maximum Gasteiger partial charge on any atom is 0.161 e. The lowest BCUT2D eigenvalue weighted by molar-refractivity contribution is 1.22. The first-order valence-corrected chi connectivity index (χ1v) is 11.7. The van der Waals surface area contributed by atoms with Crippen LogP contribution in [-0.4, -0.2) is 15.0 Å². The summed E-state index contributed by atoms with van der Waals surface area (Å²) in [5.41, 5.74) is 4.66. The van der Waals surface area contributed by atoms with Crippen LogP contribution in [0.15, 0.2) is 103 Å². The molecule has 0 bridgehead atoms. The van der Waals surface area contributed by atoms with Crippen molar-refractivity contribution in [3.8, 4) is 22.8 Å². The van der Waals surface area contributed by atoms with Crippen molar-refractivity contribution >= 4 is 53.3 Å². The summed E-state index contributed by atoms with van der Waals surface area (Å²) in [6.07, 6.45) is 0. The summed E-state index contributed by atoms with van der Waals surface area (Å²) in [6.45, 7) is 0. The largest absolute Gasteiger partial charge is 0.246 e. The van der Waals surface area contributed by atoms with Crippen molar-refractivity contribution < 1.29 is 0 Å². The average Bonchev–Trinajstić information content (AvgIpc) is 3.27. The van der Waals surface area contributed by atoms with Crippen molar-refractivity contribution in [3.63, 3.8) is 0 Å². The number of hydrogen-bond acceptors (Lipinski definition) is 4. The van der Waals surface area contributed by atoms with E-state index in [4.69, 9.17) is 15.0 Å². The van der Waals surface area contributed by atoms with Gasteiger partial charge in [0.2, 0.25) is 0 Å². The lowest BCUT2D eigenvalue weighted by Gasteiger charge is -2.10. The van der Waals surface area contributed by atoms with Crippen molar-refractivity contribution in [1.29, 1.82) is 0 Å². The number of pyridine rings is 1. The Morgan fingerprint density at radius 3 is 2.21 bits per heavy atom. The van der Waals surface area contributed by atoms with E-state index in [1.807, 2.05) is 30.3 Å². The molecule has 4 aromatic carbocycles. The smallest absolute Gasteiger partial charge is 0.161 e. The first kappa shape index (κ1) is 18.4. The number of benzene rings is 4. The molecular weight excluding hydrogens is 422 g/mol. The molecule has 3 aromatic heterocycles. The van der Waals surface area contributed by atoms with Crippen molar-refractivity contribution in [3.05, 3.63) is 103 Å². The topological polar surface area (TPSA) is 38.7 Å². The molecule has 3 nitrogen and oxygen atoms in total. The van der Waals surface area contributed by atoms with E-state index < -0.39 is 0 Å². The summed E-state index contributed by atoms with van der Waals surface area (Å²) in [5, 5.41) is 4.65. The summed E-state index contributed by atoms with van der Waals surface area (Å²) >= 11 is 1.80. The van der Waals surface area contributed by atoms with Crippen molar-refractivity contribution in [1.82, 2.24) is 15.0 Å². The van der Waals surface area contributed by atoms with Gasteiger partial charge in [-0.3, -0.25) is 0 Å². The molecule has 4 heteroatoms. The molecule has 154 valence electrons. The van der Waals surface area contributed by atoms with Crippen LogP contribution in [0.1, 0.15) is 0 Å². The van der Waals surface area contributed by atoms with Gasteiger partial charge in [-0.2, -0.15) is 0 Å². The fourth-order valence-corrected chi connectivity index (χ4v) is 5.73. The van der Waals surface area contributed by atoms with Crippen LogP contribution in [0, 0.1) is 0 Å². The summed E-state index contributed by atoms with van der Waals surface area (Å²) in [4.78, 5) is 15.0. The molecule has 0 N–H and O–H groups in total. The molecule has 0 saturated heterocycles. The lowest BCUT2D eigenvalue weighted by atomic mass is 10.1. The molecule has 0 saturated carbocycles. The van der Waals surface area contributed by atoms with E-state index in [9.17, 15) is 0 Å². The van der Waals surface area contributed by atoms with E-state index in [2.05, 4.69) is 72.8 Å². The molecule has 0 unspecified atom stereocenters. The molecule has 0 atom stereocenters. The van der Waals surface area contributed by atoms with Gasteiger partial charge in [0.05, 0.1) is 16.7 Å². The van der Waals surface area contributed by atoms with Gasteiger partial charge >= 0.3 is 0 Å². The van der Waals surface area contributed by atoms with Crippen LogP contribution in [0.25, 0.3) is 64.8 Å². The maximum atomic E-state index is 5.10. The Labute approximate surface area is 194 Å². The predicted octanol–water partition coefficient (Wildman–Crippen LogP) is 7.88. The molecule has 3 heterocycles. The third-order valence-electron chi connectivity index (χ3n) is 6.09. The highest BCUT2D eigenvalue weighted by molar-refractivity contribution is 7.26. The second kappa shape index (κ2) is 7.19. The molecule has 0 aliphatic carbocycles. The minimum absolute atomic E-state index is 0.732. The summed E-state index contributed by atoms with van der Waals surface area (Å²) < 4.78 is 2.49. The lowest BCUT2D eigenvalue weighted by Crippen LogP contribution is -1.96. The number of hydrogen-bond donors (Lipinski definition) is 0. The van der Waals surface area contributed by atoms with Crippen molar-refractivity contribution in [2.24, 2.45) is 0 Å². The van der Waals surface area contributed by atoms with E-state index in [-0.39, 0.29) is 0 Å². The molecule has 0 aliphatic rings. The normalized spacial score (nSPS) is 11.6. The molecule has 33 heavy (non-hydrogen) atoms. The first-order chi connectivity index (χ1) is 16.3. The van der Waals surface area contributed by atoms with Crippen LogP contribution in [0.5, 0.6) is 0 Å². The van der Waals surface area contributed by atoms with Gasteiger partial charge in [0.25, 0.3) is 0 Å². The van der Waals surface area contributed by atoms with Crippen LogP contribution in [0.4, 0.5) is 0 Å². The second-order valence-corrected chi connectivity index (χ2v) is 9.13. The van der Waals surface area contributed by atoms with E-state index in [0.717, 1.165) is 44.6 Å². The molecule has 0 spiro atoms. The van der Waals surface area contributed by atoms with Crippen molar-refractivity contribution in [2.75, 3.05) is 0 Å². The summed E-state index contributed by atoms with van der Waals surface area (Å²) in [5.74, 6) is 0.732. The number of nitrogens with zero attached hydrogens (tertiary/aromatic N) is 3. The quantitative estimate of drug-likeness (QED) is 0.275. The average molecular weight is 440 g/mol. The molecule has 0 amide bonds. The highest BCUT2D eigenvalue weighted by Crippen LogP contribution is 2.39. The zero-order valence-electron chi connectivity index (χ0n) is 17.6. The molecule has 7 aromatic rings. The number of fused-ring (bicyclic) bond motifs is 5. The van der Waals surface area contributed by atoms with Crippen molar-refractivity contribution in [2.45, 2.75) is 0 Å². The number of rotatable bonds is 2. The van der Waals surface area contributed by atoms with Crippen LogP contribution < -0.4 is 0 Å². The minimum atomic E-state index is 0.732. The molecule has 0 fully saturated rings. The highest BCUT2D eigenvalue weighted by Gasteiger charge is 2.16. The Morgan fingerprint density at radius 1 is 0.515 bits per heavy atom. The predicted molar refractivity (Wildman–Crippen MR) is 139 cm³/mol. The first-order valence-electron chi connectivity index (χ1n) is 10.9. The fraction of sp³-hybridized carbons (Fsp3) is 0. The monoisotopic (exact) mass is 439 g/mol. The summed E-state index contributed by atoms with van der Waals surface area (Å²) in [6, 6.07) is 35.5. The Hall–Kier alpha value is -4.15. The third kappa shape index (κ3) is 2.92. The van der Waals surface area contributed by atoms with Crippen LogP contribution in [-0.2, 0) is 0 Å². The molecule has 0 radical (unpaired) electrons. The molecule has 0 aliphatic heterocycles. The van der Waals surface area contributed by atoms with E-state index >= 15 is 0 Å². The number of aromatic nitrogens is 3. The Morgan fingerprint density at radius 2 is 1.27 bits per heavy atom. The fourth-order valence-electron chi connectivity index (χ4n) is 4.51. The Kier molecular flexibility index (Phi) is 4.01. The van der Waals surface area contributed by atoms with Gasteiger partial charge in [-0.25, -0.2) is 15.0 Å². The van der Waals surface area contributed by atoms with E-state index in [1.54, 1.807) is 11.3 Å². The highest BCUT2D eigenvalue weighted by atomic mass is 32.1. The Balaban J connectivity index is 1.53. The number of para-hydroxylation sites is 2. The summed E-state index contributed by atoms with van der Waals surface area (Å²) in [7, 11) is 0. The Bertz CT molecular complexity index is 1830. The van der Waals surface area contributed by atoms with E-state index in [0.29, 0.717) is 0 Å². The zero-order valence-corrected chi connectivity index (χ0v) is 18.4.